The molecule has 0 aliphatic carbocycles. The topological polar surface area (TPSA) is 36.9 Å². The predicted molar refractivity (Wildman–Crippen MR) is 96.2 cm³/mol. The summed E-state index contributed by atoms with van der Waals surface area (Å²) >= 11 is 0. The standard InChI is InChI=1S/C18H35O4P/c1-13(14(2,3)4)23(19-15(5,6)16(7,8)20-23)21-17(9,10)18(11,12)22-23/h1H2,2-12H3. The molecule has 136 valence electrons. The Balaban J connectivity index is 2.74. The van der Waals surface area contributed by atoms with Crippen molar-refractivity contribution in [2.24, 2.45) is 5.41 Å². The molecular weight excluding hydrogens is 311 g/mol. The van der Waals surface area contributed by atoms with Crippen molar-refractivity contribution in [2.75, 3.05) is 0 Å². The van der Waals surface area contributed by atoms with Gasteiger partial charge in [0.25, 0.3) is 0 Å². The van der Waals surface area contributed by atoms with Crippen molar-refractivity contribution >= 4 is 7.51 Å². The molecule has 0 atom stereocenters. The average molecular weight is 346 g/mol. The van der Waals surface area contributed by atoms with E-state index in [1.807, 2.05) is 55.4 Å². The van der Waals surface area contributed by atoms with Gasteiger partial charge in [0.2, 0.25) is 0 Å². The van der Waals surface area contributed by atoms with Gasteiger partial charge in [-0.3, -0.25) is 0 Å². The minimum absolute atomic E-state index is 0.273. The number of allylic oxidation sites excluding steroid dienone is 1. The second-order valence-corrected chi connectivity index (χ2v) is 12.8. The molecule has 2 rings (SSSR count). The molecular formula is C18H35O4P. The van der Waals surface area contributed by atoms with Crippen molar-refractivity contribution in [1.82, 2.24) is 0 Å². The van der Waals surface area contributed by atoms with Crippen LogP contribution < -0.4 is 0 Å². The van der Waals surface area contributed by atoms with Gasteiger partial charge in [-0.15, -0.1) is 0 Å². The van der Waals surface area contributed by atoms with Crippen LogP contribution in [0.4, 0.5) is 0 Å². The van der Waals surface area contributed by atoms with E-state index >= 15 is 0 Å². The van der Waals surface area contributed by atoms with Gasteiger partial charge in [0, 0.05) is 0 Å². The van der Waals surface area contributed by atoms with Gasteiger partial charge >= 0.3 is 141 Å². The van der Waals surface area contributed by atoms with Gasteiger partial charge < -0.3 is 0 Å². The van der Waals surface area contributed by atoms with E-state index in [1.54, 1.807) is 0 Å². The molecule has 2 fully saturated rings. The second-order valence-electron chi connectivity index (χ2n) is 9.92. The maximum atomic E-state index is 6.62. The minimum atomic E-state index is -4.00. The fraction of sp³-hybridized carbons (Fsp3) is 0.889. The fourth-order valence-electron chi connectivity index (χ4n) is 2.89. The van der Waals surface area contributed by atoms with Crippen LogP contribution in [-0.2, 0) is 18.1 Å². The van der Waals surface area contributed by atoms with E-state index in [4.69, 9.17) is 18.1 Å². The van der Waals surface area contributed by atoms with Crippen LogP contribution in [0.3, 0.4) is 0 Å². The monoisotopic (exact) mass is 346 g/mol. The van der Waals surface area contributed by atoms with Crippen LogP contribution in [0.2, 0.25) is 0 Å². The number of hydrogen-bond acceptors (Lipinski definition) is 4. The van der Waals surface area contributed by atoms with E-state index in [-0.39, 0.29) is 5.41 Å². The molecule has 5 heteroatoms. The van der Waals surface area contributed by atoms with E-state index in [9.17, 15) is 0 Å². The molecule has 2 saturated heterocycles. The summed E-state index contributed by atoms with van der Waals surface area (Å²) in [7, 11) is -4.00. The summed E-state index contributed by atoms with van der Waals surface area (Å²) in [6.07, 6.45) is 0. The molecule has 2 heterocycles. The predicted octanol–water partition coefficient (Wildman–Crippen LogP) is 5.97. The summed E-state index contributed by atoms with van der Waals surface area (Å²) in [5.74, 6) is 0. The van der Waals surface area contributed by atoms with E-state index < -0.39 is 29.9 Å². The molecule has 0 aromatic carbocycles. The van der Waals surface area contributed by atoms with E-state index in [2.05, 4.69) is 27.4 Å². The first-order valence-corrected chi connectivity index (χ1v) is 10.3. The van der Waals surface area contributed by atoms with Gasteiger partial charge in [-0.25, -0.2) is 0 Å². The van der Waals surface area contributed by atoms with Gasteiger partial charge in [0.05, 0.1) is 0 Å². The molecule has 0 unspecified atom stereocenters. The van der Waals surface area contributed by atoms with Gasteiger partial charge in [-0.1, -0.05) is 0 Å². The van der Waals surface area contributed by atoms with Gasteiger partial charge in [-0.05, 0) is 0 Å². The Labute approximate surface area is 142 Å². The van der Waals surface area contributed by atoms with Crippen molar-refractivity contribution < 1.29 is 18.1 Å². The molecule has 2 aliphatic rings. The van der Waals surface area contributed by atoms with Crippen LogP contribution in [0, 0.1) is 5.41 Å². The summed E-state index contributed by atoms with van der Waals surface area (Å²) < 4.78 is 26.5. The first-order chi connectivity index (χ1) is 9.80. The quantitative estimate of drug-likeness (QED) is 0.548. The Morgan fingerprint density at radius 2 is 0.870 bits per heavy atom. The third-order valence-electron chi connectivity index (χ3n) is 5.75. The van der Waals surface area contributed by atoms with Crippen molar-refractivity contribution in [3.8, 4) is 0 Å². The maximum absolute atomic E-state index is 6.62. The zero-order valence-corrected chi connectivity index (χ0v) is 17.7. The van der Waals surface area contributed by atoms with Gasteiger partial charge in [-0.2, -0.15) is 0 Å². The van der Waals surface area contributed by atoms with Crippen molar-refractivity contribution in [2.45, 2.75) is 98.6 Å². The Hall–Kier alpha value is 0.01000. The summed E-state index contributed by atoms with van der Waals surface area (Å²) in [4.78, 5) is 0. The molecule has 0 amide bonds. The van der Waals surface area contributed by atoms with Crippen LogP contribution >= 0.6 is 7.51 Å². The van der Waals surface area contributed by atoms with Crippen LogP contribution in [-0.4, -0.2) is 22.4 Å². The van der Waals surface area contributed by atoms with Gasteiger partial charge in [0.15, 0.2) is 0 Å². The molecule has 0 aromatic heterocycles. The number of hydrogen-bond donors (Lipinski definition) is 0. The Bertz CT molecular complexity index is 476. The summed E-state index contributed by atoms with van der Waals surface area (Å²) in [6.45, 7) is 26.8. The SMILES string of the molecule is C=C(C(C)(C)C)P12(OC(C)(C)C(C)(C)O1)OC(C)(C)C(C)(C)O2. The summed E-state index contributed by atoms with van der Waals surface area (Å²) in [5.41, 5.74) is -2.51. The van der Waals surface area contributed by atoms with Crippen molar-refractivity contribution in [3.63, 3.8) is 0 Å². The van der Waals surface area contributed by atoms with Crippen molar-refractivity contribution in [3.05, 3.63) is 11.9 Å². The molecule has 2 aliphatic heterocycles. The first-order valence-electron chi connectivity index (χ1n) is 8.37. The molecule has 0 saturated carbocycles. The van der Waals surface area contributed by atoms with Crippen LogP contribution in [0.25, 0.3) is 0 Å². The normalized spacial score (nSPS) is 34.0. The third kappa shape index (κ3) is 2.45. The number of rotatable bonds is 1. The van der Waals surface area contributed by atoms with Crippen LogP contribution in [0.15, 0.2) is 11.9 Å². The zero-order valence-electron chi connectivity index (χ0n) is 16.8. The molecule has 1 spiro atoms. The molecule has 0 radical (unpaired) electrons. The van der Waals surface area contributed by atoms with Crippen LogP contribution in [0.5, 0.6) is 0 Å². The van der Waals surface area contributed by atoms with E-state index in [0.717, 1.165) is 5.31 Å². The van der Waals surface area contributed by atoms with E-state index in [1.165, 1.54) is 0 Å². The van der Waals surface area contributed by atoms with Crippen molar-refractivity contribution in [1.29, 1.82) is 0 Å². The van der Waals surface area contributed by atoms with E-state index in [0.29, 0.717) is 0 Å². The molecule has 0 N–H and O–H groups in total. The molecule has 0 bridgehead atoms. The summed E-state index contributed by atoms with van der Waals surface area (Å²) in [5, 5.41) is 0.765. The van der Waals surface area contributed by atoms with Crippen LogP contribution in [0.1, 0.15) is 76.2 Å². The Kier molecular flexibility index (Phi) is 3.70. The summed E-state index contributed by atoms with van der Waals surface area (Å²) in [6, 6.07) is 0. The average Bonchev–Trinajstić information content (AvgIpc) is 2.47. The molecule has 23 heavy (non-hydrogen) atoms. The first kappa shape index (κ1) is 19.3. The third-order valence-corrected chi connectivity index (χ3v) is 10.4. The Morgan fingerprint density at radius 3 is 1.04 bits per heavy atom. The Morgan fingerprint density at radius 1 is 0.652 bits per heavy atom. The second kappa shape index (κ2) is 4.40. The fourth-order valence-corrected chi connectivity index (χ4v) is 8.68. The molecule has 0 aromatic rings. The van der Waals surface area contributed by atoms with Gasteiger partial charge in [0.1, 0.15) is 0 Å². The zero-order chi connectivity index (χ0) is 18.4. The molecule has 4 nitrogen and oxygen atoms in total.